The molecule has 2 nitrogen and oxygen atoms in total. The van der Waals surface area contributed by atoms with E-state index < -0.39 is 0 Å². The highest BCUT2D eigenvalue weighted by Gasteiger charge is 2.07. The molecule has 0 radical (unpaired) electrons. The van der Waals surface area contributed by atoms with Crippen LogP contribution in [0.4, 0.5) is 0 Å². The number of ketones is 1. The Balaban J connectivity index is 2.78. The Bertz CT molecular complexity index is 342. The van der Waals surface area contributed by atoms with E-state index in [9.17, 15) is 4.79 Å². The van der Waals surface area contributed by atoms with Gasteiger partial charge in [-0.05, 0) is 37.1 Å². The molecule has 0 aromatic heterocycles. The molecular formula is C13H18O2. The minimum absolute atomic E-state index is 0.225. The second-order valence-corrected chi connectivity index (χ2v) is 3.71. The predicted molar refractivity (Wildman–Crippen MR) is 61.6 cm³/mol. The van der Waals surface area contributed by atoms with Gasteiger partial charge in [-0.1, -0.05) is 13.3 Å². The lowest BCUT2D eigenvalue weighted by molar-refractivity contribution is 0.0979. The van der Waals surface area contributed by atoms with E-state index in [1.54, 1.807) is 7.11 Å². The number of benzene rings is 1. The number of unbranched alkanes of at least 4 members (excludes halogenated alkanes) is 1. The van der Waals surface area contributed by atoms with Crippen molar-refractivity contribution in [1.29, 1.82) is 0 Å². The van der Waals surface area contributed by atoms with Crippen LogP contribution in [0.3, 0.4) is 0 Å². The Hall–Kier alpha value is -1.31. The van der Waals surface area contributed by atoms with Crippen molar-refractivity contribution in [3.8, 4) is 5.75 Å². The van der Waals surface area contributed by atoms with Crippen LogP contribution in [-0.4, -0.2) is 12.9 Å². The molecule has 15 heavy (non-hydrogen) atoms. The fourth-order valence-electron chi connectivity index (χ4n) is 1.53. The van der Waals surface area contributed by atoms with Crippen molar-refractivity contribution in [2.24, 2.45) is 0 Å². The van der Waals surface area contributed by atoms with E-state index in [0.29, 0.717) is 6.42 Å². The summed E-state index contributed by atoms with van der Waals surface area (Å²) in [5.41, 5.74) is 1.81. The fraction of sp³-hybridized carbons (Fsp3) is 0.462. The van der Waals surface area contributed by atoms with Gasteiger partial charge in [0.05, 0.1) is 7.11 Å². The van der Waals surface area contributed by atoms with Gasteiger partial charge in [0, 0.05) is 12.0 Å². The third-order valence-electron chi connectivity index (χ3n) is 2.47. The van der Waals surface area contributed by atoms with Gasteiger partial charge in [0.15, 0.2) is 5.78 Å². The summed E-state index contributed by atoms with van der Waals surface area (Å²) < 4.78 is 5.15. The molecule has 0 bridgehead atoms. The first-order chi connectivity index (χ1) is 7.19. The van der Waals surface area contributed by atoms with Crippen LogP contribution < -0.4 is 4.74 Å². The van der Waals surface area contributed by atoms with Gasteiger partial charge in [0.25, 0.3) is 0 Å². The molecule has 0 aliphatic carbocycles. The molecule has 0 saturated carbocycles. The summed E-state index contributed by atoms with van der Waals surface area (Å²) in [6, 6.07) is 5.59. The van der Waals surface area contributed by atoms with Gasteiger partial charge in [-0.15, -0.1) is 0 Å². The highest BCUT2D eigenvalue weighted by atomic mass is 16.5. The molecule has 0 amide bonds. The summed E-state index contributed by atoms with van der Waals surface area (Å²) in [7, 11) is 1.64. The molecule has 0 unspecified atom stereocenters. The average molecular weight is 206 g/mol. The molecule has 1 aromatic rings. The molecule has 0 heterocycles. The normalized spacial score (nSPS) is 10.1. The number of carbonyl (C=O) groups excluding carboxylic acids is 1. The first-order valence-electron chi connectivity index (χ1n) is 5.37. The summed E-state index contributed by atoms with van der Waals surface area (Å²) in [5.74, 6) is 1.06. The molecule has 0 fully saturated rings. The Morgan fingerprint density at radius 3 is 2.67 bits per heavy atom. The van der Waals surface area contributed by atoms with Crippen molar-refractivity contribution in [3.05, 3.63) is 29.3 Å². The molecule has 1 aromatic carbocycles. The molecule has 0 spiro atoms. The first-order valence-corrected chi connectivity index (χ1v) is 5.37. The van der Waals surface area contributed by atoms with Crippen molar-refractivity contribution in [1.82, 2.24) is 0 Å². The summed E-state index contributed by atoms with van der Waals surface area (Å²) in [6.07, 6.45) is 2.66. The number of Topliss-reactive ketones (excluding diaryl/α,β-unsaturated/α-hetero) is 1. The third-order valence-corrected chi connectivity index (χ3v) is 2.47. The summed E-state index contributed by atoms with van der Waals surface area (Å²) in [4.78, 5) is 11.7. The van der Waals surface area contributed by atoms with Gasteiger partial charge in [0.1, 0.15) is 5.75 Å². The zero-order valence-corrected chi connectivity index (χ0v) is 9.67. The average Bonchev–Trinajstić information content (AvgIpc) is 2.25. The number of aryl methyl sites for hydroxylation is 1. The molecule has 0 atom stereocenters. The largest absolute Gasteiger partial charge is 0.496 e. The van der Waals surface area contributed by atoms with Crippen molar-refractivity contribution in [2.75, 3.05) is 7.11 Å². The Kier molecular flexibility index (Phi) is 4.35. The summed E-state index contributed by atoms with van der Waals surface area (Å²) in [5, 5.41) is 0. The standard InChI is InChI=1S/C13H18O2/c1-4-5-6-12(14)11-7-8-13(15-3)10(2)9-11/h7-9H,4-6H2,1-3H3. The maximum atomic E-state index is 11.7. The smallest absolute Gasteiger partial charge is 0.162 e. The van der Waals surface area contributed by atoms with E-state index in [-0.39, 0.29) is 5.78 Å². The first kappa shape index (κ1) is 11.8. The Morgan fingerprint density at radius 1 is 1.40 bits per heavy atom. The van der Waals surface area contributed by atoms with Crippen LogP contribution in [0.5, 0.6) is 5.75 Å². The number of carbonyl (C=O) groups is 1. The van der Waals surface area contributed by atoms with Crippen LogP contribution >= 0.6 is 0 Å². The topological polar surface area (TPSA) is 26.3 Å². The highest BCUT2D eigenvalue weighted by molar-refractivity contribution is 5.96. The molecular weight excluding hydrogens is 188 g/mol. The summed E-state index contributed by atoms with van der Waals surface area (Å²) >= 11 is 0. The minimum atomic E-state index is 0.225. The molecule has 0 aliphatic rings. The van der Waals surface area contributed by atoms with Crippen molar-refractivity contribution >= 4 is 5.78 Å². The van der Waals surface area contributed by atoms with Crippen molar-refractivity contribution in [3.63, 3.8) is 0 Å². The number of hydrogen-bond acceptors (Lipinski definition) is 2. The van der Waals surface area contributed by atoms with E-state index in [1.165, 1.54) is 0 Å². The number of ether oxygens (including phenoxy) is 1. The van der Waals surface area contributed by atoms with Gasteiger partial charge in [-0.3, -0.25) is 4.79 Å². The highest BCUT2D eigenvalue weighted by Crippen LogP contribution is 2.19. The van der Waals surface area contributed by atoms with E-state index in [2.05, 4.69) is 6.92 Å². The molecule has 82 valence electrons. The SMILES string of the molecule is CCCCC(=O)c1ccc(OC)c(C)c1. The molecule has 2 heteroatoms. The Labute approximate surface area is 91.3 Å². The third kappa shape index (κ3) is 3.08. The van der Waals surface area contributed by atoms with Crippen molar-refractivity contribution in [2.45, 2.75) is 33.1 Å². The maximum absolute atomic E-state index is 11.7. The Morgan fingerprint density at radius 2 is 2.13 bits per heavy atom. The van der Waals surface area contributed by atoms with Gasteiger partial charge in [0.2, 0.25) is 0 Å². The zero-order valence-electron chi connectivity index (χ0n) is 9.67. The van der Waals surface area contributed by atoms with E-state index in [0.717, 1.165) is 29.7 Å². The molecule has 1 rings (SSSR count). The van der Waals surface area contributed by atoms with E-state index in [1.807, 2.05) is 25.1 Å². The van der Waals surface area contributed by atoms with Crippen LogP contribution in [0.2, 0.25) is 0 Å². The van der Waals surface area contributed by atoms with Gasteiger partial charge >= 0.3 is 0 Å². The summed E-state index contributed by atoms with van der Waals surface area (Å²) in [6.45, 7) is 4.04. The van der Waals surface area contributed by atoms with Gasteiger partial charge in [-0.2, -0.15) is 0 Å². The quantitative estimate of drug-likeness (QED) is 0.690. The van der Waals surface area contributed by atoms with Gasteiger partial charge < -0.3 is 4.74 Å². The lowest BCUT2D eigenvalue weighted by atomic mass is 10.0. The van der Waals surface area contributed by atoms with E-state index >= 15 is 0 Å². The van der Waals surface area contributed by atoms with Crippen LogP contribution in [0.1, 0.15) is 42.1 Å². The lowest BCUT2D eigenvalue weighted by Crippen LogP contribution is -1.99. The van der Waals surface area contributed by atoms with Crippen molar-refractivity contribution < 1.29 is 9.53 Å². The maximum Gasteiger partial charge on any atom is 0.162 e. The molecule has 0 aliphatic heterocycles. The number of methoxy groups -OCH3 is 1. The zero-order chi connectivity index (χ0) is 11.3. The monoisotopic (exact) mass is 206 g/mol. The lowest BCUT2D eigenvalue weighted by Gasteiger charge is -2.06. The van der Waals surface area contributed by atoms with E-state index in [4.69, 9.17) is 4.74 Å². The van der Waals surface area contributed by atoms with Crippen LogP contribution in [0.15, 0.2) is 18.2 Å². The predicted octanol–water partition coefficient (Wildman–Crippen LogP) is 3.38. The fourth-order valence-corrected chi connectivity index (χ4v) is 1.53. The van der Waals surface area contributed by atoms with Crippen LogP contribution in [0.25, 0.3) is 0 Å². The minimum Gasteiger partial charge on any atom is -0.496 e. The van der Waals surface area contributed by atoms with Crippen LogP contribution in [0, 0.1) is 6.92 Å². The molecule has 0 N–H and O–H groups in total. The van der Waals surface area contributed by atoms with Crippen LogP contribution in [-0.2, 0) is 0 Å². The van der Waals surface area contributed by atoms with Gasteiger partial charge in [-0.25, -0.2) is 0 Å². The molecule has 0 saturated heterocycles. The number of hydrogen-bond donors (Lipinski definition) is 0. The number of rotatable bonds is 5. The second kappa shape index (κ2) is 5.54. The second-order valence-electron chi connectivity index (χ2n) is 3.71.